The maximum Gasteiger partial charge on any atom is 0.0977 e. The largest absolute Gasteiger partial charge is 0.355 e. The fourth-order valence-electron chi connectivity index (χ4n) is 17.5. The third-order valence-electron chi connectivity index (χ3n) is 22.9. The van der Waals surface area contributed by atoms with Crippen molar-refractivity contribution in [2.24, 2.45) is 0 Å². The van der Waals surface area contributed by atoms with Gasteiger partial charge in [-0.25, -0.2) is 19.9 Å². The van der Waals surface area contributed by atoms with Crippen molar-refractivity contribution >= 4 is 57.4 Å². The smallest absolute Gasteiger partial charge is 0.0977 e. The lowest BCUT2D eigenvalue weighted by Gasteiger charge is -2.33. The number of unbranched alkanes of at least 4 members (excludes halogenated alkanes) is 15. The zero-order chi connectivity index (χ0) is 73.1. The molecule has 0 spiro atoms. The number of nitrogens with one attached hydrogen (secondary N) is 2. The first kappa shape index (κ1) is 71.3. The van der Waals surface area contributed by atoms with Gasteiger partial charge in [-0.1, -0.05) is 294 Å². The Morgan fingerprint density at radius 1 is 0.336 bits per heavy atom. The van der Waals surface area contributed by atoms with Gasteiger partial charge in [-0.3, -0.25) is 0 Å². The summed E-state index contributed by atoms with van der Waals surface area (Å²) in [4.78, 5) is 31.4. The van der Waals surface area contributed by atoms with Gasteiger partial charge < -0.3 is 9.97 Å². The van der Waals surface area contributed by atoms with Crippen LogP contribution in [0.5, 0.6) is 0 Å². The summed E-state index contributed by atoms with van der Waals surface area (Å²) in [6.07, 6.45) is 34.2. The van der Waals surface area contributed by atoms with Crippen LogP contribution in [-0.4, -0.2) is 29.9 Å². The topological polar surface area (TPSA) is 83.1 Å². The fourth-order valence-corrected chi connectivity index (χ4v) is 17.5. The Hall–Kier alpha value is -11.3. The molecule has 6 heteroatoms. The van der Waals surface area contributed by atoms with E-state index in [4.69, 9.17) is 19.9 Å². The van der Waals surface area contributed by atoms with Gasteiger partial charge in [0.05, 0.1) is 50.6 Å². The van der Waals surface area contributed by atoms with Crippen molar-refractivity contribution in [1.29, 1.82) is 0 Å². The van der Waals surface area contributed by atoms with Crippen LogP contribution in [0, 0.1) is 61.2 Å². The average molecular weight is 1410 g/mol. The zero-order valence-corrected chi connectivity index (χ0v) is 63.3. The molecule has 0 fully saturated rings. The molecule has 8 bridgehead atoms. The molecule has 0 saturated carbocycles. The minimum Gasteiger partial charge on any atom is -0.355 e. The first-order valence-corrected chi connectivity index (χ1v) is 39.7. The number of fused-ring (bicyclic) bond motifs is 15. The van der Waals surface area contributed by atoms with Gasteiger partial charge in [0.1, 0.15) is 0 Å². The molecular formula is C101H110N6. The second kappa shape index (κ2) is 32.6. The SMILES string of the molecule is CC#CC#CC#CC#CC1(CCCCCCCC)c2ccccc2-c2ccc(-c3c4nc(c(-c5ccc(C)c6nc(-c7ccccc7)c(-c7ccccc7)nc56)c5ccc([nH]5)c(-c5ccc6c(c5)C(CCCCCCCC)(CCCCCCCC)c5ccccc5-6)c5nc(c(C)c6ccc3[nH]6)C=C5)C=C4)cc21.[HH].[HH].[HH].[HH].[HH].[HH].[HH]. The van der Waals surface area contributed by atoms with Gasteiger partial charge in [0.2, 0.25) is 0 Å². The number of aryl methyl sites for hydroxylation is 2. The number of nitrogens with zero attached hydrogens (tertiary/aromatic N) is 4. The minimum absolute atomic E-state index is 0. The molecule has 4 aromatic heterocycles. The van der Waals surface area contributed by atoms with Crippen molar-refractivity contribution in [2.75, 3.05) is 0 Å². The molecule has 4 aliphatic rings. The quantitative estimate of drug-likeness (QED) is 0.0418. The van der Waals surface area contributed by atoms with Gasteiger partial charge in [0, 0.05) is 70.8 Å². The normalized spacial score (nSPS) is 13.9. The Morgan fingerprint density at radius 3 is 1.36 bits per heavy atom. The standard InChI is InChI=1S/C101H96N6.7H2/c1-7-11-15-19-23-27-41-67-101(66-40-26-22-18-14-10-4)82-49-37-35-47-77(82)79-55-52-75(69-84(79)101)94-88-59-57-86(103-88)71(6)85-56-58-87(102-85)93(74-51-54-78-76-46-34-36-48-81(76)100(83(78)68-74,64-38-24-20-16-12-8-2)65-39-25-21-17-13-9-3)89-60-62-91(104-89)95(92-63-61-90(94)105-92)80-53-50-70(5)96-99(80)107-98(73-44-32-29-33-45-73)97(106-96)72-42-30-28-31-43-72;;;;;;;/h28-37,42-63,68-69,103-104H,8-10,12-14,16-18,20-22,24-26,38-40,64-66H2,1-6H3;7*1H. The van der Waals surface area contributed by atoms with Gasteiger partial charge in [0.15, 0.2) is 0 Å². The predicted molar refractivity (Wildman–Crippen MR) is 467 cm³/mol. The Bertz CT molecular complexity index is 5710. The van der Waals surface area contributed by atoms with Crippen molar-refractivity contribution in [2.45, 2.75) is 187 Å². The number of aromatic amines is 2. The molecule has 544 valence electrons. The molecule has 15 rings (SSSR count). The summed E-state index contributed by atoms with van der Waals surface area (Å²) >= 11 is 0. The summed E-state index contributed by atoms with van der Waals surface area (Å²) in [6.45, 7) is 13.1. The summed E-state index contributed by atoms with van der Waals surface area (Å²) < 4.78 is 0. The number of hydrogen-bond acceptors (Lipinski definition) is 4. The molecule has 1 atom stereocenters. The van der Waals surface area contributed by atoms with Crippen LogP contribution in [0.15, 0.2) is 182 Å². The third-order valence-corrected chi connectivity index (χ3v) is 22.9. The lowest BCUT2D eigenvalue weighted by Crippen LogP contribution is -2.25. The molecule has 107 heavy (non-hydrogen) atoms. The van der Waals surface area contributed by atoms with E-state index in [1.807, 2.05) is 0 Å². The first-order chi connectivity index (χ1) is 52.7. The highest BCUT2D eigenvalue weighted by Gasteiger charge is 2.44. The maximum atomic E-state index is 5.96. The number of hydrogen-bond donors (Lipinski definition) is 2. The van der Waals surface area contributed by atoms with Gasteiger partial charge in [-0.15, -0.1) is 0 Å². The van der Waals surface area contributed by atoms with Crippen LogP contribution in [0.2, 0.25) is 0 Å². The van der Waals surface area contributed by atoms with Crippen LogP contribution in [0.1, 0.15) is 229 Å². The van der Waals surface area contributed by atoms with Crippen molar-refractivity contribution in [3.05, 3.63) is 238 Å². The second-order valence-electron chi connectivity index (χ2n) is 29.8. The van der Waals surface area contributed by atoms with Crippen LogP contribution in [0.25, 0.3) is 136 Å². The number of H-pyrrole nitrogens is 2. The van der Waals surface area contributed by atoms with E-state index in [9.17, 15) is 0 Å². The fraction of sp³-hybridized carbons (Fsp3) is 0.287. The van der Waals surface area contributed by atoms with Crippen LogP contribution in [0.4, 0.5) is 0 Å². The lowest BCUT2D eigenvalue weighted by molar-refractivity contribution is 0.398. The molecule has 1 unspecified atom stereocenters. The first-order valence-electron chi connectivity index (χ1n) is 39.7. The Labute approximate surface area is 644 Å². The molecule has 2 aliphatic carbocycles. The van der Waals surface area contributed by atoms with E-state index in [2.05, 4.69) is 298 Å². The van der Waals surface area contributed by atoms with E-state index in [1.165, 1.54) is 147 Å². The molecule has 7 aromatic carbocycles. The summed E-state index contributed by atoms with van der Waals surface area (Å²) in [5.74, 6) is 24.8. The molecule has 11 aromatic rings. The number of aromatic nitrogens is 6. The number of rotatable bonds is 26. The molecule has 0 amide bonds. The van der Waals surface area contributed by atoms with E-state index in [0.29, 0.717) is 0 Å². The van der Waals surface area contributed by atoms with Gasteiger partial charge in [-0.2, -0.15) is 0 Å². The third kappa shape index (κ3) is 14.3. The maximum absolute atomic E-state index is 5.96. The molecular weight excluding hydrogens is 1300 g/mol. The molecule has 6 nitrogen and oxygen atoms in total. The molecule has 0 saturated heterocycles. The van der Waals surface area contributed by atoms with Crippen molar-refractivity contribution < 1.29 is 9.99 Å². The van der Waals surface area contributed by atoms with E-state index < -0.39 is 5.41 Å². The van der Waals surface area contributed by atoms with E-state index in [1.54, 1.807) is 6.92 Å². The summed E-state index contributed by atoms with van der Waals surface area (Å²) in [6, 6.07) is 67.2. The van der Waals surface area contributed by atoms with Crippen LogP contribution in [0.3, 0.4) is 0 Å². The highest BCUT2D eigenvalue weighted by Crippen LogP contribution is 2.57. The monoisotopic (exact) mass is 1410 g/mol. The van der Waals surface area contributed by atoms with Gasteiger partial charge >= 0.3 is 0 Å². The zero-order valence-electron chi connectivity index (χ0n) is 63.3. The van der Waals surface area contributed by atoms with Crippen LogP contribution in [-0.2, 0) is 10.8 Å². The van der Waals surface area contributed by atoms with E-state index >= 15 is 0 Å². The molecule has 0 radical (unpaired) electrons. The highest BCUT2D eigenvalue weighted by molar-refractivity contribution is 6.05. The molecule has 2 N–H and O–H groups in total. The average Bonchev–Trinajstić information content (AvgIpc) is 1.55. The Morgan fingerprint density at radius 2 is 0.766 bits per heavy atom. The predicted octanol–water partition coefficient (Wildman–Crippen LogP) is 28.1. The molecule has 6 heterocycles. The van der Waals surface area contributed by atoms with Gasteiger partial charge in [0.25, 0.3) is 0 Å². The van der Waals surface area contributed by atoms with E-state index in [0.717, 1.165) is 155 Å². The number of benzene rings is 7. The van der Waals surface area contributed by atoms with Crippen LogP contribution >= 0.6 is 0 Å². The van der Waals surface area contributed by atoms with E-state index in [-0.39, 0.29) is 15.4 Å². The highest BCUT2D eigenvalue weighted by atomic mass is 14.8. The summed E-state index contributed by atoms with van der Waals surface area (Å²) in [5.41, 5.74) is 30.4. The Balaban J connectivity index is 0.00000232. The van der Waals surface area contributed by atoms with Gasteiger partial charge in [-0.05, 0) is 203 Å². The van der Waals surface area contributed by atoms with Crippen molar-refractivity contribution in [3.8, 4) is 126 Å². The van der Waals surface area contributed by atoms with Crippen LogP contribution < -0.4 is 0 Å². The Kier molecular flexibility index (Phi) is 21.7. The summed E-state index contributed by atoms with van der Waals surface area (Å²) in [5, 5.41) is 0. The van der Waals surface area contributed by atoms with Crippen molar-refractivity contribution in [1.82, 2.24) is 29.9 Å². The lowest BCUT2D eigenvalue weighted by atomic mass is 9.70. The minimum atomic E-state index is -0.641. The van der Waals surface area contributed by atoms with Crippen molar-refractivity contribution in [3.63, 3.8) is 0 Å². The second-order valence-corrected chi connectivity index (χ2v) is 29.8. The summed E-state index contributed by atoms with van der Waals surface area (Å²) in [7, 11) is 0. The molecule has 2 aliphatic heterocycles.